The highest BCUT2D eigenvalue weighted by Gasteiger charge is 2.29. The summed E-state index contributed by atoms with van der Waals surface area (Å²) in [5.41, 5.74) is 0. The Balaban J connectivity index is 2.04. The third kappa shape index (κ3) is 3.03. The largest absolute Gasteiger partial charge is 0.388 e. The summed E-state index contributed by atoms with van der Waals surface area (Å²) in [7, 11) is -0.341. The molecule has 0 bridgehead atoms. The molecule has 2 rings (SSSR count). The van der Waals surface area contributed by atoms with Crippen molar-refractivity contribution in [2.45, 2.75) is 6.61 Å². The van der Waals surface area contributed by atoms with Crippen molar-refractivity contribution in [1.82, 2.24) is 23.6 Å². The van der Waals surface area contributed by atoms with Crippen LogP contribution in [0.5, 0.6) is 0 Å². The Kier molecular flexibility index (Phi) is 4.48. The standard InChI is InChI=1S/C10H18N6O3S/c1-14(2)20(18,19)16-5-3-15(4-6-16)10-12-8-11-9(7-17)13-10/h8,17H,3-7H2,1-2H3. The van der Waals surface area contributed by atoms with E-state index < -0.39 is 10.2 Å². The Labute approximate surface area is 118 Å². The van der Waals surface area contributed by atoms with Crippen molar-refractivity contribution in [2.24, 2.45) is 0 Å². The average molecular weight is 302 g/mol. The van der Waals surface area contributed by atoms with Crippen molar-refractivity contribution in [3.05, 3.63) is 12.2 Å². The normalized spacial score (nSPS) is 17.7. The van der Waals surface area contributed by atoms with Gasteiger partial charge < -0.3 is 10.0 Å². The van der Waals surface area contributed by atoms with E-state index in [2.05, 4.69) is 15.0 Å². The van der Waals surface area contributed by atoms with Crippen LogP contribution in [0.2, 0.25) is 0 Å². The van der Waals surface area contributed by atoms with Crippen LogP contribution in [0.1, 0.15) is 5.82 Å². The highest BCUT2D eigenvalue weighted by Crippen LogP contribution is 2.13. The Morgan fingerprint density at radius 2 is 1.90 bits per heavy atom. The lowest BCUT2D eigenvalue weighted by atomic mass is 10.4. The predicted octanol–water partition coefficient (Wildman–Crippen LogP) is -1.71. The van der Waals surface area contributed by atoms with Crippen LogP contribution >= 0.6 is 0 Å². The van der Waals surface area contributed by atoms with Gasteiger partial charge in [0.2, 0.25) is 5.95 Å². The van der Waals surface area contributed by atoms with E-state index in [9.17, 15) is 8.42 Å². The van der Waals surface area contributed by atoms with Gasteiger partial charge in [-0.15, -0.1) is 0 Å². The molecule has 112 valence electrons. The molecule has 0 aromatic carbocycles. The van der Waals surface area contributed by atoms with Gasteiger partial charge in [-0.3, -0.25) is 0 Å². The monoisotopic (exact) mass is 302 g/mol. The second kappa shape index (κ2) is 5.95. The van der Waals surface area contributed by atoms with E-state index in [-0.39, 0.29) is 6.61 Å². The molecule has 20 heavy (non-hydrogen) atoms. The van der Waals surface area contributed by atoms with Crippen LogP contribution in [0.3, 0.4) is 0 Å². The number of piperazine rings is 1. The quantitative estimate of drug-likeness (QED) is 0.706. The molecule has 9 nitrogen and oxygen atoms in total. The molecule has 1 fully saturated rings. The Morgan fingerprint density at radius 3 is 2.45 bits per heavy atom. The van der Waals surface area contributed by atoms with Crippen molar-refractivity contribution < 1.29 is 13.5 Å². The molecule has 0 unspecified atom stereocenters. The molecule has 1 aliphatic heterocycles. The highest BCUT2D eigenvalue weighted by atomic mass is 32.2. The van der Waals surface area contributed by atoms with Gasteiger partial charge in [0, 0.05) is 40.3 Å². The first-order valence-corrected chi connectivity index (χ1v) is 7.56. The van der Waals surface area contributed by atoms with E-state index in [4.69, 9.17) is 5.11 Å². The number of anilines is 1. The average Bonchev–Trinajstić information content (AvgIpc) is 2.47. The van der Waals surface area contributed by atoms with Crippen LogP contribution < -0.4 is 4.90 Å². The van der Waals surface area contributed by atoms with Gasteiger partial charge in [0.15, 0.2) is 5.82 Å². The van der Waals surface area contributed by atoms with Gasteiger partial charge in [0.25, 0.3) is 10.2 Å². The summed E-state index contributed by atoms with van der Waals surface area (Å²) in [5.74, 6) is 0.768. The molecule has 0 radical (unpaired) electrons. The van der Waals surface area contributed by atoms with Crippen molar-refractivity contribution >= 4 is 16.2 Å². The summed E-state index contributed by atoms with van der Waals surface area (Å²) in [4.78, 5) is 13.9. The molecule has 1 aliphatic rings. The Hall–Kier alpha value is -1.36. The SMILES string of the molecule is CN(C)S(=O)(=O)N1CCN(c2ncnc(CO)n2)CC1. The number of aliphatic hydroxyl groups excluding tert-OH is 1. The van der Waals surface area contributed by atoms with Gasteiger partial charge in [0.05, 0.1) is 0 Å². The second-order valence-electron chi connectivity index (χ2n) is 4.54. The van der Waals surface area contributed by atoms with Crippen LogP contribution in [0.15, 0.2) is 6.33 Å². The van der Waals surface area contributed by atoms with Crippen molar-refractivity contribution in [3.8, 4) is 0 Å². The van der Waals surface area contributed by atoms with Gasteiger partial charge in [-0.25, -0.2) is 9.97 Å². The number of aliphatic hydroxyl groups is 1. The molecule has 10 heteroatoms. The molecule has 0 atom stereocenters. The second-order valence-corrected chi connectivity index (χ2v) is 6.68. The zero-order valence-electron chi connectivity index (χ0n) is 11.5. The van der Waals surface area contributed by atoms with Gasteiger partial charge in [0.1, 0.15) is 12.9 Å². The van der Waals surface area contributed by atoms with E-state index in [1.165, 1.54) is 29.0 Å². The highest BCUT2D eigenvalue weighted by molar-refractivity contribution is 7.86. The molecule has 1 aromatic heterocycles. The first kappa shape index (κ1) is 15.0. The number of rotatable bonds is 4. The summed E-state index contributed by atoms with van der Waals surface area (Å²) < 4.78 is 26.6. The molecule has 1 saturated heterocycles. The minimum absolute atomic E-state index is 0.246. The zero-order chi connectivity index (χ0) is 14.8. The van der Waals surface area contributed by atoms with E-state index in [0.29, 0.717) is 38.0 Å². The van der Waals surface area contributed by atoms with Crippen molar-refractivity contribution in [2.75, 3.05) is 45.2 Å². The van der Waals surface area contributed by atoms with E-state index in [1.54, 1.807) is 0 Å². The summed E-state index contributed by atoms with van der Waals surface area (Å²) in [6.07, 6.45) is 1.34. The molecule has 0 amide bonds. The minimum atomic E-state index is -3.37. The molecule has 1 aromatic rings. The molecule has 2 heterocycles. The number of nitrogens with zero attached hydrogens (tertiary/aromatic N) is 6. The van der Waals surface area contributed by atoms with Crippen LogP contribution in [-0.4, -0.2) is 77.4 Å². The first-order valence-electron chi connectivity index (χ1n) is 6.16. The fraction of sp³-hybridized carbons (Fsp3) is 0.700. The smallest absolute Gasteiger partial charge is 0.281 e. The number of hydrogen-bond donors (Lipinski definition) is 1. The van der Waals surface area contributed by atoms with Crippen LogP contribution in [0, 0.1) is 0 Å². The summed E-state index contributed by atoms with van der Waals surface area (Å²) in [6, 6.07) is 0. The lowest BCUT2D eigenvalue weighted by Crippen LogP contribution is -2.52. The molecular formula is C10H18N6O3S. The Morgan fingerprint density at radius 1 is 1.25 bits per heavy atom. The number of hydrogen-bond acceptors (Lipinski definition) is 7. The van der Waals surface area contributed by atoms with E-state index >= 15 is 0 Å². The Bertz CT molecular complexity index is 556. The number of aromatic nitrogens is 3. The predicted molar refractivity (Wildman–Crippen MR) is 72.1 cm³/mol. The van der Waals surface area contributed by atoms with Gasteiger partial charge in [-0.05, 0) is 0 Å². The summed E-state index contributed by atoms with van der Waals surface area (Å²) in [5, 5.41) is 9.01. The summed E-state index contributed by atoms with van der Waals surface area (Å²) >= 11 is 0. The minimum Gasteiger partial charge on any atom is -0.388 e. The van der Waals surface area contributed by atoms with Crippen molar-refractivity contribution in [3.63, 3.8) is 0 Å². The van der Waals surface area contributed by atoms with Gasteiger partial charge in [-0.1, -0.05) is 0 Å². The molecular weight excluding hydrogens is 284 g/mol. The third-order valence-corrected chi connectivity index (χ3v) is 5.00. The topological polar surface area (TPSA) is 103 Å². The molecule has 0 saturated carbocycles. The molecule has 0 aliphatic carbocycles. The van der Waals surface area contributed by atoms with Crippen LogP contribution in [0.4, 0.5) is 5.95 Å². The maximum Gasteiger partial charge on any atom is 0.281 e. The van der Waals surface area contributed by atoms with Crippen molar-refractivity contribution in [1.29, 1.82) is 0 Å². The third-order valence-electron chi connectivity index (χ3n) is 3.06. The molecule has 1 N–H and O–H groups in total. The van der Waals surface area contributed by atoms with E-state index in [0.717, 1.165) is 0 Å². The first-order chi connectivity index (χ1) is 9.45. The maximum atomic E-state index is 12.0. The lowest BCUT2D eigenvalue weighted by molar-refractivity contribution is 0.270. The lowest BCUT2D eigenvalue weighted by Gasteiger charge is -2.35. The van der Waals surface area contributed by atoms with Crippen LogP contribution in [0.25, 0.3) is 0 Å². The fourth-order valence-electron chi connectivity index (χ4n) is 1.90. The maximum absolute atomic E-state index is 12.0. The van der Waals surface area contributed by atoms with Gasteiger partial charge >= 0.3 is 0 Å². The van der Waals surface area contributed by atoms with Gasteiger partial charge in [-0.2, -0.15) is 22.0 Å². The van der Waals surface area contributed by atoms with E-state index in [1.807, 2.05) is 4.90 Å². The zero-order valence-corrected chi connectivity index (χ0v) is 12.3. The molecule has 0 spiro atoms. The summed E-state index contributed by atoms with van der Waals surface area (Å²) in [6.45, 7) is 1.51. The van der Waals surface area contributed by atoms with Crippen LogP contribution in [-0.2, 0) is 16.8 Å². The fourth-order valence-corrected chi connectivity index (χ4v) is 2.99.